The number of nitrogens with one attached hydrogen (secondary N) is 2. The number of carbonyl (C=O) groups is 1. The van der Waals surface area contributed by atoms with Gasteiger partial charge in [-0.1, -0.05) is 6.07 Å². The number of aromatic nitrogens is 1. The molecule has 0 aliphatic carbocycles. The van der Waals surface area contributed by atoms with Crippen LogP contribution in [0.5, 0.6) is 11.5 Å². The summed E-state index contributed by atoms with van der Waals surface area (Å²) in [6.07, 6.45) is 2.47. The summed E-state index contributed by atoms with van der Waals surface area (Å²) in [5.74, 6) is 1.48. The lowest BCUT2D eigenvalue weighted by molar-refractivity contribution is -0.116. The standard InChI is InChI=1S/C22H22FN3O3/c1-28-19-10-3-15(13-20(19)29-2)4-12-22(27)26-18-9-11-21(24-14-18)25-17-7-5-16(23)6-8-17/h3,5-11,13-14H,4,12H2,1-2H3,(H,24,25)(H,26,27). The van der Waals surface area contributed by atoms with Crippen LogP contribution < -0.4 is 20.1 Å². The summed E-state index contributed by atoms with van der Waals surface area (Å²) in [6, 6.07) is 15.1. The minimum absolute atomic E-state index is 0.110. The van der Waals surface area contributed by atoms with E-state index in [1.807, 2.05) is 18.2 Å². The van der Waals surface area contributed by atoms with Crippen LogP contribution in [0.2, 0.25) is 0 Å². The summed E-state index contributed by atoms with van der Waals surface area (Å²) in [5.41, 5.74) is 2.31. The molecule has 2 N–H and O–H groups in total. The fourth-order valence-electron chi connectivity index (χ4n) is 2.74. The number of nitrogens with zero attached hydrogens (tertiary/aromatic N) is 1. The molecule has 1 amide bonds. The molecule has 1 aromatic heterocycles. The van der Waals surface area contributed by atoms with Crippen molar-refractivity contribution in [3.8, 4) is 11.5 Å². The van der Waals surface area contributed by atoms with Crippen molar-refractivity contribution in [3.63, 3.8) is 0 Å². The van der Waals surface area contributed by atoms with Gasteiger partial charge in [-0.2, -0.15) is 0 Å². The van der Waals surface area contributed by atoms with Crippen molar-refractivity contribution in [3.05, 3.63) is 72.2 Å². The second-order valence-electron chi connectivity index (χ2n) is 6.30. The molecule has 0 aliphatic heterocycles. The van der Waals surface area contributed by atoms with Gasteiger partial charge >= 0.3 is 0 Å². The third-order valence-electron chi connectivity index (χ3n) is 4.25. The van der Waals surface area contributed by atoms with E-state index in [0.29, 0.717) is 35.8 Å². The Balaban J connectivity index is 1.52. The lowest BCUT2D eigenvalue weighted by atomic mass is 10.1. The molecule has 0 saturated heterocycles. The van der Waals surface area contributed by atoms with Crippen molar-refractivity contribution >= 4 is 23.1 Å². The van der Waals surface area contributed by atoms with Crippen molar-refractivity contribution < 1.29 is 18.7 Å². The number of anilines is 3. The average Bonchev–Trinajstić information content (AvgIpc) is 2.75. The Labute approximate surface area is 168 Å². The molecule has 3 rings (SSSR count). The van der Waals surface area contributed by atoms with Crippen molar-refractivity contribution in [1.82, 2.24) is 4.98 Å². The van der Waals surface area contributed by atoms with E-state index >= 15 is 0 Å². The molecule has 7 heteroatoms. The van der Waals surface area contributed by atoms with Crippen molar-refractivity contribution in [1.29, 1.82) is 0 Å². The first kappa shape index (κ1) is 20.1. The van der Waals surface area contributed by atoms with Gasteiger partial charge in [0, 0.05) is 12.1 Å². The van der Waals surface area contributed by atoms with E-state index in [4.69, 9.17) is 9.47 Å². The summed E-state index contributed by atoms with van der Waals surface area (Å²) < 4.78 is 23.4. The second-order valence-corrected chi connectivity index (χ2v) is 6.30. The molecule has 0 atom stereocenters. The van der Waals surface area contributed by atoms with Crippen molar-refractivity contribution in [2.75, 3.05) is 24.9 Å². The van der Waals surface area contributed by atoms with Crippen LogP contribution in [0.4, 0.5) is 21.6 Å². The first-order valence-corrected chi connectivity index (χ1v) is 9.07. The van der Waals surface area contributed by atoms with E-state index in [1.54, 1.807) is 44.7 Å². The van der Waals surface area contributed by atoms with E-state index in [-0.39, 0.29) is 11.7 Å². The van der Waals surface area contributed by atoms with Gasteiger partial charge in [-0.05, 0) is 60.5 Å². The molecule has 3 aromatic rings. The molecule has 0 unspecified atom stereocenters. The molecule has 0 radical (unpaired) electrons. The first-order valence-electron chi connectivity index (χ1n) is 9.07. The molecule has 29 heavy (non-hydrogen) atoms. The molecule has 1 heterocycles. The number of methoxy groups -OCH3 is 2. The molecule has 0 saturated carbocycles. The highest BCUT2D eigenvalue weighted by atomic mass is 19.1. The number of hydrogen-bond donors (Lipinski definition) is 2. The molecule has 150 valence electrons. The smallest absolute Gasteiger partial charge is 0.224 e. The number of halogens is 1. The van der Waals surface area contributed by atoms with Gasteiger partial charge in [0.1, 0.15) is 11.6 Å². The summed E-state index contributed by atoms with van der Waals surface area (Å²) in [6.45, 7) is 0. The number of hydrogen-bond acceptors (Lipinski definition) is 5. The Morgan fingerprint density at radius 2 is 1.69 bits per heavy atom. The summed E-state index contributed by atoms with van der Waals surface area (Å²) in [5, 5.41) is 5.89. The molecule has 0 fully saturated rings. The van der Waals surface area contributed by atoms with Gasteiger partial charge in [-0.25, -0.2) is 9.37 Å². The Bertz CT molecular complexity index is 960. The van der Waals surface area contributed by atoms with Crippen LogP contribution >= 0.6 is 0 Å². The predicted octanol–water partition coefficient (Wildman–Crippen LogP) is 4.55. The highest BCUT2D eigenvalue weighted by Crippen LogP contribution is 2.28. The van der Waals surface area contributed by atoms with Gasteiger partial charge in [0.25, 0.3) is 0 Å². The maximum Gasteiger partial charge on any atom is 0.224 e. The Morgan fingerprint density at radius 3 is 2.34 bits per heavy atom. The Morgan fingerprint density at radius 1 is 0.966 bits per heavy atom. The van der Waals surface area contributed by atoms with Crippen LogP contribution in [-0.4, -0.2) is 25.1 Å². The monoisotopic (exact) mass is 395 g/mol. The number of ether oxygens (including phenoxy) is 2. The molecular weight excluding hydrogens is 373 g/mol. The number of aryl methyl sites for hydroxylation is 1. The van der Waals surface area contributed by atoms with E-state index < -0.39 is 0 Å². The van der Waals surface area contributed by atoms with Crippen molar-refractivity contribution in [2.24, 2.45) is 0 Å². The Kier molecular flexibility index (Phi) is 6.63. The molecule has 6 nitrogen and oxygen atoms in total. The summed E-state index contributed by atoms with van der Waals surface area (Å²) >= 11 is 0. The van der Waals surface area contributed by atoms with Crippen LogP contribution in [0.25, 0.3) is 0 Å². The maximum absolute atomic E-state index is 12.9. The summed E-state index contributed by atoms with van der Waals surface area (Å²) in [4.78, 5) is 16.5. The van der Waals surface area contributed by atoms with E-state index in [9.17, 15) is 9.18 Å². The molecular formula is C22H22FN3O3. The minimum Gasteiger partial charge on any atom is -0.493 e. The fraction of sp³-hybridized carbons (Fsp3) is 0.182. The normalized spacial score (nSPS) is 10.3. The Hall–Kier alpha value is -3.61. The lowest BCUT2D eigenvalue weighted by Crippen LogP contribution is -2.12. The van der Waals surface area contributed by atoms with Crippen LogP contribution in [0, 0.1) is 5.82 Å². The maximum atomic E-state index is 12.9. The number of amides is 1. The number of carbonyl (C=O) groups excluding carboxylic acids is 1. The third kappa shape index (κ3) is 5.68. The largest absolute Gasteiger partial charge is 0.493 e. The lowest BCUT2D eigenvalue weighted by Gasteiger charge is -2.10. The molecule has 0 spiro atoms. The van der Waals surface area contributed by atoms with Gasteiger partial charge in [0.15, 0.2) is 11.5 Å². The molecule has 2 aromatic carbocycles. The van der Waals surface area contributed by atoms with E-state index in [1.165, 1.54) is 12.1 Å². The minimum atomic E-state index is -0.297. The fourth-order valence-corrected chi connectivity index (χ4v) is 2.74. The van der Waals surface area contributed by atoms with Gasteiger partial charge in [0.2, 0.25) is 5.91 Å². The van der Waals surface area contributed by atoms with E-state index in [2.05, 4.69) is 15.6 Å². The topological polar surface area (TPSA) is 72.5 Å². The zero-order valence-corrected chi connectivity index (χ0v) is 16.2. The van der Waals surface area contributed by atoms with Gasteiger partial charge in [0.05, 0.1) is 26.1 Å². The van der Waals surface area contributed by atoms with Gasteiger partial charge in [-0.15, -0.1) is 0 Å². The van der Waals surface area contributed by atoms with Crippen LogP contribution in [0.3, 0.4) is 0 Å². The highest BCUT2D eigenvalue weighted by Gasteiger charge is 2.08. The number of benzene rings is 2. The zero-order valence-electron chi connectivity index (χ0n) is 16.2. The number of rotatable bonds is 8. The average molecular weight is 395 g/mol. The molecule has 0 bridgehead atoms. The quantitative estimate of drug-likeness (QED) is 0.585. The van der Waals surface area contributed by atoms with Crippen LogP contribution in [-0.2, 0) is 11.2 Å². The number of pyridine rings is 1. The zero-order chi connectivity index (χ0) is 20.6. The second kappa shape index (κ2) is 9.54. The highest BCUT2D eigenvalue weighted by molar-refractivity contribution is 5.90. The SMILES string of the molecule is COc1ccc(CCC(=O)Nc2ccc(Nc3ccc(F)cc3)nc2)cc1OC. The van der Waals surface area contributed by atoms with Crippen LogP contribution in [0.1, 0.15) is 12.0 Å². The molecule has 0 aliphatic rings. The first-order chi connectivity index (χ1) is 14.1. The third-order valence-corrected chi connectivity index (χ3v) is 4.25. The van der Waals surface area contributed by atoms with Crippen LogP contribution in [0.15, 0.2) is 60.8 Å². The predicted molar refractivity (Wildman–Crippen MR) is 110 cm³/mol. The van der Waals surface area contributed by atoms with Gasteiger partial charge in [-0.3, -0.25) is 4.79 Å². The summed E-state index contributed by atoms with van der Waals surface area (Å²) in [7, 11) is 3.16. The van der Waals surface area contributed by atoms with E-state index in [0.717, 1.165) is 11.3 Å². The van der Waals surface area contributed by atoms with Crippen molar-refractivity contribution in [2.45, 2.75) is 12.8 Å². The van der Waals surface area contributed by atoms with Gasteiger partial charge < -0.3 is 20.1 Å².